The maximum Gasteiger partial charge on any atom is 0.223 e. The topological polar surface area (TPSA) is 38.1 Å². The molecular formula is C17H25N3O. The number of likely N-dealkylation sites (tertiary alicyclic amines) is 1. The molecule has 0 unspecified atom stereocenters. The smallest absolute Gasteiger partial charge is 0.223 e. The third-order valence-corrected chi connectivity index (χ3v) is 4.73. The van der Waals surface area contributed by atoms with Gasteiger partial charge in [-0.3, -0.25) is 9.48 Å². The third-order valence-electron chi connectivity index (χ3n) is 4.73. The van der Waals surface area contributed by atoms with Gasteiger partial charge in [-0.05, 0) is 51.5 Å². The average molecular weight is 287 g/mol. The molecule has 0 radical (unpaired) electrons. The highest BCUT2D eigenvalue weighted by molar-refractivity contribution is 5.77. The highest BCUT2D eigenvalue weighted by Gasteiger charge is 2.30. The van der Waals surface area contributed by atoms with E-state index in [-0.39, 0.29) is 0 Å². The van der Waals surface area contributed by atoms with Crippen LogP contribution in [0.2, 0.25) is 0 Å². The Kier molecular flexibility index (Phi) is 4.13. The van der Waals surface area contributed by atoms with Crippen molar-refractivity contribution in [1.82, 2.24) is 14.7 Å². The molecule has 1 aliphatic heterocycles. The van der Waals surface area contributed by atoms with Gasteiger partial charge < -0.3 is 4.90 Å². The van der Waals surface area contributed by atoms with Gasteiger partial charge in [0.05, 0.1) is 18.3 Å². The van der Waals surface area contributed by atoms with Crippen LogP contribution < -0.4 is 0 Å². The van der Waals surface area contributed by atoms with Crippen molar-refractivity contribution in [3.8, 4) is 0 Å². The molecule has 2 heterocycles. The first-order valence-corrected chi connectivity index (χ1v) is 8.10. The van der Waals surface area contributed by atoms with Gasteiger partial charge in [-0.1, -0.05) is 12.2 Å². The molecule has 114 valence electrons. The molecule has 1 aromatic rings. The summed E-state index contributed by atoms with van der Waals surface area (Å²) < 4.78 is 2.06. The van der Waals surface area contributed by atoms with Crippen LogP contribution in [0.15, 0.2) is 18.2 Å². The molecule has 1 saturated heterocycles. The third kappa shape index (κ3) is 3.20. The molecule has 4 heteroatoms. The van der Waals surface area contributed by atoms with Crippen molar-refractivity contribution in [2.75, 3.05) is 6.54 Å². The number of aryl methyl sites for hydroxylation is 2. The molecule has 1 amide bonds. The molecule has 4 nitrogen and oxygen atoms in total. The highest BCUT2D eigenvalue weighted by Crippen LogP contribution is 2.25. The van der Waals surface area contributed by atoms with E-state index in [9.17, 15) is 4.79 Å². The number of carbonyl (C=O) groups is 1. The van der Waals surface area contributed by atoms with Gasteiger partial charge in [-0.15, -0.1) is 0 Å². The summed E-state index contributed by atoms with van der Waals surface area (Å²) in [6.07, 6.45) is 9.60. The van der Waals surface area contributed by atoms with Gasteiger partial charge in [0.25, 0.3) is 0 Å². The fraction of sp³-hybridized carbons (Fsp3) is 0.647. The highest BCUT2D eigenvalue weighted by atomic mass is 16.2. The van der Waals surface area contributed by atoms with Crippen molar-refractivity contribution in [3.63, 3.8) is 0 Å². The van der Waals surface area contributed by atoms with E-state index in [0.29, 0.717) is 24.3 Å². The Morgan fingerprint density at radius 1 is 1.38 bits per heavy atom. The summed E-state index contributed by atoms with van der Waals surface area (Å²) in [4.78, 5) is 14.7. The lowest BCUT2D eigenvalue weighted by Crippen LogP contribution is -2.39. The largest absolute Gasteiger partial charge is 0.338 e. The molecule has 0 bridgehead atoms. The predicted octanol–water partition coefficient (Wildman–Crippen LogP) is 2.85. The van der Waals surface area contributed by atoms with E-state index in [2.05, 4.69) is 39.8 Å². The van der Waals surface area contributed by atoms with Crippen LogP contribution in [0.5, 0.6) is 0 Å². The Hall–Kier alpha value is -1.58. The Labute approximate surface area is 126 Å². The van der Waals surface area contributed by atoms with E-state index >= 15 is 0 Å². The molecule has 21 heavy (non-hydrogen) atoms. The van der Waals surface area contributed by atoms with Crippen molar-refractivity contribution < 1.29 is 4.79 Å². The minimum atomic E-state index is 0.320. The standard InChI is InChI=1S/C17H25N3O/c1-13-10-14(2)20(18-13)12-16-8-5-9-19(16)17(21)11-15-6-3-4-7-15/h3,6,10,15-16H,4-5,7-9,11-12H2,1-2H3/t15-,16-/m1/s1. The van der Waals surface area contributed by atoms with Crippen LogP contribution in [0.25, 0.3) is 0 Å². The van der Waals surface area contributed by atoms with Gasteiger partial charge in [0, 0.05) is 18.7 Å². The lowest BCUT2D eigenvalue weighted by atomic mass is 10.0. The van der Waals surface area contributed by atoms with E-state index in [1.165, 1.54) is 5.69 Å². The SMILES string of the molecule is Cc1cc(C)n(C[C@H]2CCCN2C(=O)C[C@@H]2C=CCC2)n1. The van der Waals surface area contributed by atoms with Crippen LogP contribution in [0.1, 0.15) is 43.5 Å². The quantitative estimate of drug-likeness (QED) is 0.799. The van der Waals surface area contributed by atoms with Crippen LogP contribution in [0.4, 0.5) is 0 Å². The van der Waals surface area contributed by atoms with Crippen LogP contribution in [0, 0.1) is 19.8 Å². The molecule has 1 aromatic heterocycles. The number of hydrogen-bond donors (Lipinski definition) is 0. The lowest BCUT2D eigenvalue weighted by molar-refractivity contribution is -0.132. The maximum absolute atomic E-state index is 12.6. The van der Waals surface area contributed by atoms with Crippen LogP contribution in [-0.4, -0.2) is 33.2 Å². The average Bonchev–Trinajstić information content (AvgIpc) is 3.13. The monoisotopic (exact) mass is 287 g/mol. The summed E-state index contributed by atoms with van der Waals surface area (Å²) in [5, 5.41) is 4.54. The number of aromatic nitrogens is 2. The maximum atomic E-state index is 12.6. The normalized spacial score (nSPS) is 25.0. The fourth-order valence-electron chi connectivity index (χ4n) is 3.62. The molecule has 0 saturated carbocycles. The van der Waals surface area contributed by atoms with E-state index in [4.69, 9.17) is 0 Å². The second kappa shape index (κ2) is 6.04. The van der Waals surface area contributed by atoms with Gasteiger partial charge in [-0.2, -0.15) is 5.10 Å². The predicted molar refractivity (Wildman–Crippen MR) is 82.9 cm³/mol. The van der Waals surface area contributed by atoms with Crippen molar-refractivity contribution >= 4 is 5.91 Å². The second-order valence-electron chi connectivity index (χ2n) is 6.46. The molecular weight excluding hydrogens is 262 g/mol. The zero-order valence-corrected chi connectivity index (χ0v) is 13.1. The van der Waals surface area contributed by atoms with Gasteiger partial charge in [0.2, 0.25) is 5.91 Å². The molecule has 0 spiro atoms. The van der Waals surface area contributed by atoms with E-state index in [1.54, 1.807) is 0 Å². The first-order chi connectivity index (χ1) is 10.1. The van der Waals surface area contributed by atoms with E-state index in [0.717, 1.165) is 44.5 Å². The first-order valence-electron chi connectivity index (χ1n) is 8.10. The van der Waals surface area contributed by atoms with Gasteiger partial charge >= 0.3 is 0 Å². The fourth-order valence-corrected chi connectivity index (χ4v) is 3.62. The van der Waals surface area contributed by atoms with Gasteiger partial charge in [0.15, 0.2) is 0 Å². The Morgan fingerprint density at radius 2 is 2.24 bits per heavy atom. The summed E-state index contributed by atoms with van der Waals surface area (Å²) in [5.74, 6) is 0.794. The van der Waals surface area contributed by atoms with E-state index < -0.39 is 0 Å². The van der Waals surface area contributed by atoms with Crippen molar-refractivity contribution in [2.24, 2.45) is 5.92 Å². The Balaban J connectivity index is 1.63. The molecule has 1 aliphatic carbocycles. The Morgan fingerprint density at radius 3 is 2.90 bits per heavy atom. The molecule has 0 aromatic carbocycles. The number of hydrogen-bond acceptors (Lipinski definition) is 2. The Bertz CT molecular complexity index is 546. The zero-order chi connectivity index (χ0) is 14.8. The number of amides is 1. The van der Waals surface area contributed by atoms with Crippen LogP contribution in [0.3, 0.4) is 0 Å². The number of nitrogens with zero attached hydrogens (tertiary/aromatic N) is 3. The second-order valence-corrected chi connectivity index (χ2v) is 6.46. The van der Waals surface area contributed by atoms with Crippen molar-refractivity contribution in [1.29, 1.82) is 0 Å². The van der Waals surface area contributed by atoms with Gasteiger partial charge in [-0.25, -0.2) is 0 Å². The number of carbonyl (C=O) groups excluding carboxylic acids is 1. The van der Waals surface area contributed by atoms with Crippen LogP contribution >= 0.6 is 0 Å². The minimum absolute atomic E-state index is 0.320. The summed E-state index contributed by atoms with van der Waals surface area (Å²) in [6, 6.07) is 2.42. The summed E-state index contributed by atoms with van der Waals surface area (Å²) in [6.45, 7) is 5.86. The number of allylic oxidation sites excluding steroid dienone is 2. The summed E-state index contributed by atoms with van der Waals surface area (Å²) >= 11 is 0. The van der Waals surface area contributed by atoms with Crippen molar-refractivity contribution in [2.45, 2.75) is 58.5 Å². The lowest BCUT2D eigenvalue weighted by Gasteiger charge is -2.26. The van der Waals surface area contributed by atoms with Crippen molar-refractivity contribution in [3.05, 3.63) is 29.6 Å². The first kappa shape index (κ1) is 14.4. The summed E-state index contributed by atoms with van der Waals surface area (Å²) in [7, 11) is 0. The molecule has 1 fully saturated rings. The molecule has 2 atom stereocenters. The zero-order valence-electron chi connectivity index (χ0n) is 13.1. The number of rotatable bonds is 4. The van der Waals surface area contributed by atoms with E-state index in [1.807, 2.05) is 6.92 Å². The molecule has 3 rings (SSSR count). The minimum Gasteiger partial charge on any atom is -0.338 e. The summed E-state index contributed by atoms with van der Waals surface area (Å²) in [5.41, 5.74) is 2.24. The van der Waals surface area contributed by atoms with Gasteiger partial charge in [0.1, 0.15) is 0 Å². The van der Waals surface area contributed by atoms with Crippen LogP contribution in [-0.2, 0) is 11.3 Å². The molecule has 2 aliphatic rings. The molecule has 0 N–H and O–H groups in total.